The standard InChI is InChI=1S/C23H30N6S.HI/c1-24-22(27-16-23(10-3-2-4-11-23)21-9-6-12-30-21)26-14-19-7-5-8-20(13-19)15-29-18-25-17-28-29;/h5-9,12-13,17-18H,2-4,10-11,14-16H2,1H3,(H2,24,26,27);1H. The molecule has 1 aliphatic rings. The van der Waals surface area contributed by atoms with E-state index in [9.17, 15) is 0 Å². The molecule has 8 heteroatoms. The van der Waals surface area contributed by atoms with Crippen LogP contribution in [0.1, 0.15) is 48.1 Å². The Kier molecular flexibility index (Phi) is 8.89. The molecular formula is C23H31IN6S. The molecule has 0 saturated heterocycles. The number of hydrogen-bond donors (Lipinski definition) is 2. The van der Waals surface area contributed by atoms with Crippen molar-refractivity contribution < 1.29 is 0 Å². The summed E-state index contributed by atoms with van der Waals surface area (Å²) in [5, 5.41) is 13.5. The Labute approximate surface area is 205 Å². The number of thiophene rings is 1. The first kappa shape index (κ1) is 23.7. The van der Waals surface area contributed by atoms with Gasteiger partial charge in [-0.2, -0.15) is 5.10 Å². The van der Waals surface area contributed by atoms with Crippen LogP contribution in [-0.2, 0) is 18.5 Å². The van der Waals surface area contributed by atoms with Crippen molar-refractivity contribution in [3.05, 3.63) is 70.4 Å². The summed E-state index contributed by atoms with van der Waals surface area (Å²) in [6.07, 6.45) is 9.78. The van der Waals surface area contributed by atoms with Gasteiger partial charge in [0.15, 0.2) is 5.96 Å². The Balaban J connectivity index is 0.00000272. The average molecular weight is 551 g/mol. The predicted molar refractivity (Wildman–Crippen MR) is 138 cm³/mol. The highest BCUT2D eigenvalue weighted by molar-refractivity contribution is 14.0. The van der Waals surface area contributed by atoms with E-state index in [4.69, 9.17) is 0 Å². The van der Waals surface area contributed by atoms with Crippen molar-refractivity contribution in [2.24, 2.45) is 4.99 Å². The predicted octanol–water partition coefficient (Wildman–Crippen LogP) is 4.57. The van der Waals surface area contributed by atoms with Crippen molar-refractivity contribution >= 4 is 41.3 Å². The Morgan fingerprint density at radius 1 is 1.13 bits per heavy atom. The number of halogens is 1. The highest BCUT2D eigenvalue weighted by atomic mass is 127. The van der Waals surface area contributed by atoms with Crippen LogP contribution in [0.25, 0.3) is 0 Å². The zero-order chi connectivity index (χ0) is 20.7. The molecule has 1 saturated carbocycles. The second-order valence-corrected chi connectivity index (χ2v) is 8.96. The van der Waals surface area contributed by atoms with E-state index in [1.54, 1.807) is 12.7 Å². The second kappa shape index (κ2) is 11.6. The summed E-state index contributed by atoms with van der Waals surface area (Å²) in [5.74, 6) is 0.859. The summed E-state index contributed by atoms with van der Waals surface area (Å²) >= 11 is 1.89. The largest absolute Gasteiger partial charge is 0.355 e. The Bertz CT molecular complexity index is 933. The van der Waals surface area contributed by atoms with Crippen LogP contribution in [0.5, 0.6) is 0 Å². The first-order chi connectivity index (χ1) is 14.8. The third-order valence-corrected chi connectivity index (χ3v) is 7.05. The van der Waals surface area contributed by atoms with Gasteiger partial charge in [0.1, 0.15) is 12.7 Å². The maximum atomic E-state index is 4.46. The van der Waals surface area contributed by atoms with Gasteiger partial charge in [0.25, 0.3) is 0 Å². The Hall–Kier alpha value is -1.94. The molecule has 0 amide bonds. The van der Waals surface area contributed by atoms with Crippen molar-refractivity contribution in [3.8, 4) is 0 Å². The van der Waals surface area contributed by atoms with Crippen molar-refractivity contribution in [1.29, 1.82) is 0 Å². The molecule has 1 aliphatic carbocycles. The third kappa shape index (κ3) is 6.29. The fraction of sp³-hybridized carbons (Fsp3) is 0.435. The Morgan fingerprint density at radius 2 is 1.97 bits per heavy atom. The van der Waals surface area contributed by atoms with Gasteiger partial charge in [-0.1, -0.05) is 49.6 Å². The molecule has 0 unspecified atom stereocenters. The molecule has 0 radical (unpaired) electrons. The average Bonchev–Trinajstić information content (AvgIpc) is 3.50. The van der Waals surface area contributed by atoms with Crippen LogP contribution in [0.15, 0.2) is 59.4 Å². The molecule has 2 N–H and O–H groups in total. The molecule has 2 aromatic heterocycles. The van der Waals surface area contributed by atoms with E-state index in [2.05, 4.69) is 67.5 Å². The van der Waals surface area contributed by atoms with Gasteiger partial charge in [-0.3, -0.25) is 4.99 Å². The highest BCUT2D eigenvalue weighted by Crippen LogP contribution is 2.41. The number of nitrogens with zero attached hydrogens (tertiary/aromatic N) is 4. The maximum absolute atomic E-state index is 4.46. The van der Waals surface area contributed by atoms with Crippen LogP contribution >= 0.6 is 35.3 Å². The lowest BCUT2D eigenvalue weighted by molar-refractivity contribution is 0.296. The minimum atomic E-state index is 0. The van der Waals surface area contributed by atoms with E-state index in [1.165, 1.54) is 48.1 Å². The smallest absolute Gasteiger partial charge is 0.191 e. The fourth-order valence-corrected chi connectivity index (χ4v) is 5.31. The van der Waals surface area contributed by atoms with Crippen molar-refractivity contribution in [2.45, 2.75) is 50.6 Å². The fourth-order valence-electron chi connectivity index (χ4n) is 4.32. The molecule has 0 spiro atoms. The molecule has 31 heavy (non-hydrogen) atoms. The van der Waals surface area contributed by atoms with E-state index >= 15 is 0 Å². The van der Waals surface area contributed by atoms with Gasteiger partial charge in [-0.15, -0.1) is 35.3 Å². The number of nitrogens with one attached hydrogen (secondary N) is 2. The number of rotatable bonds is 7. The number of hydrogen-bond acceptors (Lipinski definition) is 4. The molecule has 1 aromatic carbocycles. The zero-order valence-corrected chi connectivity index (χ0v) is 21.1. The van der Waals surface area contributed by atoms with Crippen LogP contribution in [0.4, 0.5) is 0 Å². The molecule has 4 rings (SSSR count). The van der Waals surface area contributed by atoms with Crippen molar-refractivity contribution in [2.75, 3.05) is 13.6 Å². The van der Waals surface area contributed by atoms with Gasteiger partial charge in [0, 0.05) is 30.4 Å². The number of aliphatic imine (C=N–C) groups is 1. The van der Waals surface area contributed by atoms with E-state index in [0.29, 0.717) is 0 Å². The van der Waals surface area contributed by atoms with E-state index in [0.717, 1.165) is 25.6 Å². The minimum absolute atomic E-state index is 0. The Morgan fingerprint density at radius 3 is 2.68 bits per heavy atom. The molecule has 0 bridgehead atoms. The molecule has 6 nitrogen and oxygen atoms in total. The van der Waals surface area contributed by atoms with Gasteiger partial charge in [-0.05, 0) is 35.4 Å². The van der Waals surface area contributed by atoms with Gasteiger partial charge in [-0.25, -0.2) is 9.67 Å². The van der Waals surface area contributed by atoms with Crippen LogP contribution in [-0.4, -0.2) is 34.3 Å². The third-order valence-electron chi connectivity index (χ3n) is 5.93. The summed E-state index contributed by atoms with van der Waals surface area (Å²) in [6.45, 7) is 2.39. The lowest BCUT2D eigenvalue weighted by Gasteiger charge is -2.37. The van der Waals surface area contributed by atoms with Gasteiger partial charge in [0.05, 0.1) is 6.54 Å². The molecule has 0 atom stereocenters. The number of aromatic nitrogens is 3. The monoisotopic (exact) mass is 550 g/mol. The number of benzene rings is 1. The van der Waals surface area contributed by atoms with Crippen LogP contribution in [0, 0.1) is 0 Å². The number of guanidine groups is 1. The molecule has 3 aromatic rings. The highest BCUT2D eigenvalue weighted by Gasteiger charge is 2.34. The lowest BCUT2D eigenvalue weighted by atomic mass is 9.73. The SMILES string of the molecule is CN=C(NCc1cccc(Cn2cncn2)c1)NCC1(c2cccs2)CCCCC1.I. The van der Waals surface area contributed by atoms with E-state index < -0.39 is 0 Å². The van der Waals surface area contributed by atoms with Crippen LogP contribution in [0.2, 0.25) is 0 Å². The van der Waals surface area contributed by atoms with Gasteiger partial charge in [0.2, 0.25) is 0 Å². The molecule has 2 heterocycles. The first-order valence-electron chi connectivity index (χ1n) is 10.7. The minimum Gasteiger partial charge on any atom is -0.355 e. The van der Waals surface area contributed by atoms with Crippen molar-refractivity contribution in [1.82, 2.24) is 25.4 Å². The van der Waals surface area contributed by atoms with E-state index in [-0.39, 0.29) is 29.4 Å². The summed E-state index contributed by atoms with van der Waals surface area (Å²) in [6, 6.07) is 13.0. The first-order valence-corrected chi connectivity index (χ1v) is 11.5. The van der Waals surface area contributed by atoms with Crippen molar-refractivity contribution in [3.63, 3.8) is 0 Å². The molecular weight excluding hydrogens is 519 g/mol. The molecule has 166 valence electrons. The molecule has 1 fully saturated rings. The van der Waals surface area contributed by atoms with E-state index in [1.807, 2.05) is 23.1 Å². The summed E-state index contributed by atoms with van der Waals surface area (Å²) in [7, 11) is 1.84. The quantitative estimate of drug-likeness (QED) is 0.257. The normalized spacial score (nSPS) is 15.8. The van der Waals surface area contributed by atoms with Gasteiger partial charge < -0.3 is 10.6 Å². The summed E-state index contributed by atoms with van der Waals surface area (Å²) in [5.41, 5.74) is 2.67. The van der Waals surface area contributed by atoms with Crippen LogP contribution in [0.3, 0.4) is 0 Å². The van der Waals surface area contributed by atoms with Crippen LogP contribution < -0.4 is 10.6 Å². The lowest BCUT2D eigenvalue weighted by Crippen LogP contribution is -2.46. The van der Waals surface area contributed by atoms with Gasteiger partial charge >= 0.3 is 0 Å². The second-order valence-electron chi connectivity index (χ2n) is 8.01. The molecule has 0 aliphatic heterocycles. The summed E-state index contributed by atoms with van der Waals surface area (Å²) in [4.78, 5) is 9.97. The summed E-state index contributed by atoms with van der Waals surface area (Å²) < 4.78 is 1.83. The zero-order valence-electron chi connectivity index (χ0n) is 18.0. The topological polar surface area (TPSA) is 67.1 Å². The maximum Gasteiger partial charge on any atom is 0.191 e.